The molecule has 0 bridgehead atoms. The van der Waals surface area contributed by atoms with Crippen molar-refractivity contribution < 1.29 is 18.4 Å². The second-order valence-corrected chi connectivity index (χ2v) is 5.56. The van der Waals surface area contributed by atoms with Crippen LogP contribution in [0.15, 0.2) is 42.6 Å². The molecule has 1 aromatic carbocycles. The number of amides is 2. The largest absolute Gasteiger partial charge is 0.347 e. The van der Waals surface area contributed by atoms with Gasteiger partial charge < -0.3 is 10.6 Å². The fourth-order valence-electron chi connectivity index (χ4n) is 2.75. The van der Waals surface area contributed by atoms with Gasteiger partial charge in [0, 0.05) is 12.5 Å². The number of carbonyl (C=O) groups excluding carboxylic acids is 2. The Labute approximate surface area is 137 Å². The molecule has 2 aromatic rings. The van der Waals surface area contributed by atoms with E-state index >= 15 is 0 Å². The maximum Gasteiger partial charge on any atom is 0.273 e. The van der Waals surface area contributed by atoms with Crippen molar-refractivity contribution in [2.45, 2.75) is 24.9 Å². The lowest BCUT2D eigenvalue weighted by molar-refractivity contribution is -0.123. The van der Waals surface area contributed by atoms with Crippen LogP contribution >= 0.6 is 0 Å². The summed E-state index contributed by atoms with van der Waals surface area (Å²) >= 11 is 0. The van der Waals surface area contributed by atoms with Crippen molar-refractivity contribution in [1.29, 1.82) is 0 Å². The molecule has 1 aromatic heterocycles. The highest BCUT2D eigenvalue weighted by molar-refractivity contribution is 5.93. The Kier molecular flexibility index (Phi) is 4.50. The van der Waals surface area contributed by atoms with E-state index in [0.717, 1.165) is 11.8 Å². The predicted octanol–water partition coefficient (Wildman–Crippen LogP) is 2.11. The molecule has 0 saturated carbocycles. The summed E-state index contributed by atoms with van der Waals surface area (Å²) in [5.41, 5.74) is 0.364. The van der Waals surface area contributed by atoms with Gasteiger partial charge in [0.25, 0.3) is 5.91 Å². The van der Waals surface area contributed by atoms with Gasteiger partial charge in [0.2, 0.25) is 5.91 Å². The molecule has 1 fully saturated rings. The van der Waals surface area contributed by atoms with E-state index in [1.165, 1.54) is 0 Å². The molecule has 2 atom stereocenters. The third kappa shape index (κ3) is 3.40. The Bertz CT molecular complexity index is 768. The van der Waals surface area contributed by atoms with Crippen LogP contribution in [-0.2, 0) is 4.79 Å². The molecular formula is C17H15F2N3O2. The van der Waals surface area contributed by atoms with Crippen molar-refractivity contribution in [2.24, 2.45) is 0 Å². The minimum Gasteiger partial charge on any atom is -0.347 e. The van der Waals surface area contributed by atoms with Gasteiger partial charge in [-0.2, -0.15) is 0 Å². The zero-order valence-electron chi connectivity index (χ0n) is 12.6. The molecule has 2 amide bonds. The van der Waals surface area contributed by atoms with Gasteiger partial charge in [0.05, 0.1) is 18.3 Å². The number of hydrogen-bond acceptors (Lipinski definition) is 3. The predicted molar refractivity (Wildman–Crippen MR) is 82.0 cm³/mol. The van der Waals surface area contributed by atoms with Gasteiger partial charge in [0.1, 0.15) is 5.82 Å². The van der Waals surface area contributed by atoms with Crippen LogP contribution in [0.3, 0.4) is 0 Å². The maximum absolute atomic E-state index is 13.7. The second kappa shape index (κ2) is 6.74. The maximum atomic E-state index is 13.7. The van der Waals surface area contributed by atoms with Gasteiger partial charge in [-0.25, -0.2) is 13.8 Å². The van der Waals surface area contributed by atoms with Crippen LogP contribution in [0.1, 0.15) is 34.9 Å². The molecule has 3 rings (SSSR count). The van der Waals surface area contributed by atoms with E-state index in [4.69, 9.17) is 0 Å². The first-order valence-electron chi connectivity index (χ1n) is 7.51. The summed E-state index contributed by atoms with van der Waals surface area (Å²) in [5.74, 6) is -2.73. The summed E-state index contributed by atoms with van der Waals surface area (Å²) in [6, 6.07) is 8.97. The van der Waals surface area contributed by atoms with Crippen molar-refractivity contribution in [3.63, 3.8) is 0 Å². The molecule has 2 N–H and O–H groups in total. The fourth-order valence-corrected chi connectivity index (χ4v) is 2.75. The molecule has 1 aliphatic heterocycles. The zero-order valence-corrected chi connectivity index (χ0v) is 12.6. The van der Waals surface area contributed by atoms with Crippen LogP contribution in [0, 0.1) is 11.6 Å². The van der Waals surface area contributed by atoms with E-state index in [1.54, 1.807) is 0 Å². The zero-order chi connectivity index (χ0) is 17.1. The van der Waals surface area contributed by atoms with Crippen molar-refractivity contribution in [2.75, 3.05) is 0 Å². The first-order valence-corrected chi connectivity index (χ1v) is 7.51. The summed E-state index contributed by atoms with van der Waals surface area (Å²) < 4.78 is 26.6. The number of hydrogen-bond donors (Lipinski definition) is 2. The minimum atomic E-state index is -1.02. The number of aromatic nitrogens is 1. The van der Waals surface area contributed by atoms with Crippen molar-refractivity contribution in [3.8, 4) is 0 Å². The highest BCUT2D eigenvalue weighted by Crippen LogP contribution is 2.24. The fraction of sp³-hybridized carbons (Fsp3) is 0.235. The van der Waals surface area contributed by atoms with E-state index in [9.17, 15) is 18.4 Å². The van der Waals surface area contributed by atoms with Gasteiger partial charge >= 0.3 is 0 Å². The van der Waals surface area contributed by atoms with Gasteiger partial charge in [-0.15, -0.1) is 0 Å². The smallest absolute Gasteiger partial charge is 0.273 e. The summed E-state index contributed by atoms with van der Waals surface area (Å²) in [4.78, 5) is 27.5. The summed E-state index contributed by atoms with van der Waals surface area (Å²) in [6.45, 7) is 0. The Hall–Kier alpha value is -2.83. The monoisotopic (exact) mass is 331 g/mol. The second-order valence-electron chi connectivity index (χ2n) is 5.56. The Balaban J connectivity index is 1.81. The third-order valence-corrected chi connectivity index (χ3v) is 3.90. The standard InChI is InChI=1S/C17H15F2N3O2/c18-11-8-12(19)16(20-9-11)17(24)21-13-6-7-14(23)22-15(13)10-4-2-1-3-5-10/h1-5,8-9,13,15H,6-7H2,(H,21,24)(H,22,23)/t13-,15+/m1/s1. The average Bonchev–Trinajstić information content (AvgIpc) is 2.57. The van der Waals surface area contributed by atoms with E-state index in [-0.39, 0.29) is 12.3 Å². The quantitative estimate of drug-likeness (QED) is 0.905. The Morgan fingerprint density at radius 3 is 2.71 bits per heavy atom. The number of pyridine rings is 1. The van der Waals surface area contributed by atoms with E-state index < -0.39 is 35.3 Å². The molecule has 124 valence electrons. The van der Waals surface area contributed by atoms with Crippen LogP contribution in [0.2, 0.25) is 0 Å². The average molecular weight is 331 g/mol. The van der Waals surface area contributed by atoms with Gasteiger partial charge in [0.15, 0.2) is 11.5 Å². The van der Waals surface area contributed by atoms with Gasteiger partial charge in [-0.1, -0.05) is 30.3 Å². The molecule has 5 nitrogen and oxygen atoms in total. The van der Waals surface area contributed by atoms with E-state index in [0.29, 0.717) is 12.5 Å². The molecule has 1 saturated heterocycles. The number of nitrogens with one attached hydrogen (secondary N) is 2. The molecule has 0 aliphatic carbocycles. The summed E-state index contributed by atoms with van der Waals surface area (Å²) in [7, 11) is 0. The minimum absolute atomic E-state index is 0.111. The number of benzene rings is 1. The lowest BCUT2D eigenvalue weighted by atomic mass is 9.92. The van der Waals surface area contributed by atoms with Crippen molar-refractivity contribution in [3.05, 3.63) is 65.5 Å². The summed E-state index contributed by atoms with van der Waals surface area (Å²) in [5, 5.41) is 5.52. The molecule has 1 aliphatic rings. The van der Waals surface area contributed by atoms with Crippen LogP contribution in [-0.4, -0.2) is 22.8 Å². The third-order valence-electron chi connectivity index (χ3n) is 3.90. The van der Waals surface area contributed by atoms with Crippen molar-refractivity contribution >= 4 is 11.8 Å². The van der Waals surface area contributed by atoms with Crippen LogP contribution < -0.4 is 10.6 Å². The highest BCUT2D eigenvalue weighted by atomic mass is 19.1. The molecule has 24 heavy (non-hydrogen) atoms. The number of rotatable bonds is 3. The van der Waals surface area contributed by atoms with Crippen LogP contribution in [0.4, 0.5) is 8.78 Å². The van der Waals surface area contributed by atoms with Gasteiger partial charge in [-0.3, -0.25) is 9.59 Å². The Morgan fingerprint density at radius 2 is 2.00 bits per heavy atom. The summed E-state index contributed by atoms with van der Waals surface area (Å²) in [6.07, 6.45) is 1.46. The van der Waals surface area contributed by atoms with Crippen LogP contribution in [0.25, 0.3) is 0 Å². The molecular weight excluding hydrogens is 316 g/mol. The lowest BCUT2D eigenvalue weighted by Crippen LogP contribution is -2.50. The normalized spacial score (nSPS) is 20.3. The topological polar surface area (TPSA) is 71.1 Å². The van der Waals surface area contributed by atoms with Gasteiger partial charge in [-0.05, 0) is 12.0 Å². The lowest BCUT2D eigenvalue weighted by Gasteiger charge is -2.33. The first kappa shape index (κ1) is 16.0. The highest BCUT2D eigenvalue weighted by Gasteiger charge is 2.31. The molecule has 0 spiro atoms. The SMILES string of the molecule is O=C1CC[C@@H](NC(=O)c2ncc(F)cc2F)[C@H](c2ccccc2)N1. The van der Waals surface area contributed by atoms with E-state index in [2.05, 4.69) is 15.6 Å². The number of halogens is 2. The Morgan fingerprint density at radius 1 is 1.25 bits per heavy atom. The van der Waals surface area contributed by atoms with Crippen molar-refractivity contribution in [1.82, 2.24) is 15.6 Å². The van der Waals surface area contributed by atoms with E-state index in [1.807, 2.05) is 30.3 Å². The molecule has 0 unspecified atom stereocenters. The number of piperidine rings is 1. The molecule has 0 radical (unpaired) electrons. The molecule has 2 heterocycles. The number of carbonyl (C=O) groups is 2. The number of nitrogens with zero attached hydrogens (tertiary/aromatic N) is 1. The van der Waals surface area contributed by atoms with Crippen LogP contribution in [0.5, 0.6) is 0 Å². The molecule has 7 heteroatoms. The first-order chi connectivity index (χ1) is 11.5.